The molecular weight excluding hydrogens is 166 g/mol. The molecule has 13 heavy (non-hydrogen) atoms. The van der Waals surface area contributed by atoms with Gasteiger partial charge in [0.1, 0.15) is 0 Å². The zero-order chi connectivity index (χ0) is 9.84. The Morgan fingerprint density at radius 1 is 1.69 bits per heavy atom. The molecule has 0 amide bonds. The van der Waals surface area contributed by atoms with Gasteiger partial charge in [-0.05, 0) is 26.8 Å². The molecule has 0 aromatic carbocycles. The lowest BCUT2D eigenvalue weighted by molar-refractivity contribution is -0.134. The molecule has 0 aromatic heterocycles. The van der Waals surface area contributed by atoms with Crippen molar-refractivity contribution in [1.29, 1.82) is 0 Å². The average Bonchev–Trinajstić information content (AvgIpc) is 2.11. The molecule has 1 atom stereocenters. The van der Waals surface area contributed by atoms with Crippen molar-refractivity contribution in [3.63, 3.8) is 0 Å². The van der Waals surface area contributed by atoms with Crippen LogP contribution in [0.25, 0.3) is 0 Å². The summed E-state index contributed by atoms with van der Waals surface area (Å²) in [5.41, 5.74) is 1.21. The Morgan fingerprint density at radius 2 is 2.38 bits per heavy atom. The lowest BCUT2D eigenvalue weighted by atomic mass is 9.98. The maximum atomic E-state index is 11.0. The molecule has 1 saturated heterocycles. The molecule has 3 nitrogen and oxygen atoms in total. The number of hydrogen-bond donors (Lipinski definition) is 0. The van der Waals surface area contributed by atoms with Gasteiger partial charge in [-0.15, -0.1) is 0 Å². The quantitative estimate of drug-likeness (QED) is 0.452. The molecule has 74 valence electrons. The van der Waals surface area contributed by atoms with Crippen LogP contribution in [0.4, 0.5) is 0 Å². The predicted octanol–water partition coefficient (Wildman–Crippen LogP) is 1.20. The van der Waals surface area contributed by atoms with Crippen molar-refractivity contribution in [2.24, 2.45) is 0 Å². The predicted molar refractivity (Wildman–Crippen MR) is 51.4 cm³/mol. The van der Waals surface area contributed by atoms with E-state index in [0.717, 1.165) is 19.4 Å². The van der Waals surface area contributed by atoms with E-state index in [4.69, 9.17) is 0 Å². The standard InChI is InChI=1S/C10H17NO2/c1-8-6-9(4-5-11(8)2)7-10(12)13-3/h7-8H,4-6H2,1-3H3/b9-7-. The van der Waals surface area contributed by atoms with Crippen molar-refractivity contribution < 1.29 is 9.53 Å². The molecule has 0 spiro atoms. The Labute approximate surface area is 79.4 Å². The highest BCUT2D eigenvalue weighted by molar-refractivity contribution is 5.82. The third kappa shape index (κ3) is 2.84. The summed E-state index contributed by atoms with van der Waals surface area (Å²) in [5.74, 6) is -0.230. The van der Waals surface area contributed by atoms with E-state index < -0.39 is 0 Å². The molecule has 0 bridgehead atoms. The first-order chi connectivity index (χ1) is 6.13. The zero-order valence-corrected chi connectivity index (χ0v) is 8.54. The monoisotopic (exact) mass is 183 g/mol. The van der Waals surface area contributed by atoms with E-state index in [-0.39, 0.29) is 5.97 Å². The molecule has 0 radical (unpaired) electrons. The molecule has 0 aromatic rings. The number of carbonyl (C=O) groups is 1. The summed E-state index contributed by atoms with van der Waals surface area (Å²) in [6.07, 6.45) is 3.59. The van der Waals surface area contributed by atoms with Gasteiger partial charge in [-0.25, -0.2) is 4.79 Å². The Kier molecular flexibility index (Phi) is 3.48. The van der Waals surface area contributed by atoms with Gasteiger partial charge in [-0.3, -0.25) is 0 Å². The van der Waals surface area contributed by atoms with Crippen molar-refractivity contribution in [2.45, 2.75) is 25.8 Å². The Hall–Kier alpha value is -0.830. The summed E-state index contributed by atoms with van der Waals surface area (Å²) >= 11 is 0. The third-order valence-electron chi connectivity index (χ3n) is 2.62. The highest BCUT2D eigenvalue weighted by atomic mass is 16.5. The fourth-order valence-electron chi connectivity index (χ4n) is 1.53. The van der Waals surface area contributed by atoms with Crippen LogP contribution in [-0.2, 0) is 9.53 Å². The molecule has 1 aliphatic heterocycles. The Balaban J connectivity index is 2.54. The molecule has 1 unspecified atom stereocenters. The fourth-order valence-corrected chi connectivity index (χ4v) is 1.53. The summed E-state index contributed by atoms with van der Waals surface area (Å²) in [6.45, 7) is 3.20. The van der Waals surface area contributed by atoms with Gasteiger partial charge in [-0.1, -0.05) is 5.57 Å². The van der Waals surface area contributed by atoms with Crippen LogP contribution in [0.2, 0.25) is 0 Å². The largest absolute Gasteiger partial charge is 0.466 e. The first-order valence-electron chi connectivity index (χ1n) is 4.61. The number of likely N-dealkylation sites (tertiary alicyclic amines) is 1. The minimum atomic E-state index is -0.230. The van der Waals surface area contributed by atoms with Crippen molar-refractivity contribution >= 4 is 5.97 Å². The first kappa shape index (κ1) is 10.3. The topological polar surface area (TPSA) is 29.5 Å². The van der Waals surface area contributed by atoms with Crippen LogP contribution >= 0.6 is 0 Å². The number of nitrogens with zero attached hydrogens (tertiary/aromatic N) is 1. The number of piperidine rings is 1. The minimum absolute atomic E-state index is 0.230. The summed E-state index contributed by atoms with van der Waals surface area (Å²) < 4.78 is 4.59. The van der Waals surface area contributed by atoms with Gasteiger partial charge < -0.3 is 9.64 Å². The van der Waals surface area contributed by atoms with E-state index in [1.807, 2.05) is 0 Å². The number of esters is 1. The third-order valence-corrected chi connectivity index (χ3v) is 2.62. The van der Waals surface area contributed by atoms with E-state index >= 15 is 0 Å². The van der Waals surface area contributed by atoms with Gasteiger partial charge in [0.05, 0.1) is 7.11 Å². The Bertz CT molecular complexity index is 223. The second kappa shape index (κ2) is 4.42. The van der Waals surface area contributed by atoms with E-state index in [1.165, 1.54) is 12.7 Å². The van der Waals surface area contributed by atoms with Crippen LogP contribution < -0.4 is 0 Å². The van der Waals surface area contributed by atoms with Crippen LogP contribution in [0, 0.1) is 0 Å². The maximum absolute atomic E-state index is 11.0. The SMILES string of the molecule is COC(=O)/C=C1/CCN(C)C(C)C1. The van der Waals surface area contributed by atoms with Crippen molar-refractivity contribution in [3.8, 4) is 0 Å². The second-order valence-electron chi connectivity index (χ2n) is 3.61. The molecule has 0 N–H and O–H groups in total. The van der Waals surface area contributed by atoms with Crippen LogP contribution in [-0.4, -0.2) is 37.6 Å². The highest BCUT2D eigenvalue weighted by Crippen LogP contribution is 2.20. The minimum Gasteiger partial charge on any atom is -0.466 e. The number of rotatable bonds is 1. The molecule has 1 heterocycles. The van der Waals surface area contributed by atoms with Crippen molar-refractivity contribution in [2.75, 3.05) is 20.7 Å². The highest BCUT2D eigenvalue weighted by Gasteiger charge is 2.18. The fraction of sp³-hybridized carbons (Fsp3) is 0.700. The van der Waals surface area contributed by atoms with E-state index in [0.29, 0.717) is 6.04 Å². The van der Waals surface area contributed by atoms with Gasteiger partial charge >= 0.3 is 5.97 Å². The normalized spacial score (nSPS) is 27.6. The number of ether oxygens (including phenoxy) is 1. The lowest BCUT2D eigenvalue weighted by Gasteiger charge is -2.31. The molecular formula is C10H17NO2. The molecule has 0 saturated carbocycles. The second-order valence-corrected chi connectivity index (χ2v) is 3.61. The van der Waals surface area contributed by atoms with Crippen molar-refractivity contribution in [3.05, 3.63) is 11.6 Å². The molecule has 3 heteroatoms. The van der Waals surface area contributed by atoms with E-state index in [1.54, 1.807) is 6.08 Å². The molecule has 1 aliphatic rings. The van der Waals surface area contributed by atoms with Crippen LogP contribution in [0.3, 0.4) is 0 Å². The smallest absolute Gasteiger partial charge is 0.330 e. The molecule has 1 rings (SSSR count). The zero-order valence-electron chi connectivity index (χ0n) is 8.54. The number of methoxy groups -OCH3 is 1. The van der Waals surface area contributed by atoms with Gasteiger partial charge in [0.25, 0.3) is 0 Å². The Morgan fingerprint density at radius 3 is 2.92 bits per heavy atom. The number of carbonyl (C=O) groups excluding carboxylic acids is 1. The van der Waals surface area contributed by atoms with Gasteiger partial charge in [0, 0.05) is 18.7 Å². The first-order valence-corrected chi connectivity index (χ1v) is 4.61. The lowest BCUT2D eigenvalue weighted by Crippen LogP contribution is -2.34. The van der Waals surface area contributed by atoms with Gasteiger partial charge in [0.15, 0.2) is 0 Å². The summed E-state index contributed by atoms with van der Waals surface area (Å²) in [4.78, 5) is 13.3. The van der Waals surface area contributed by atoms with Crippen molar-refractivity contribution in [1.82, 2.24) is 4.90 Å². The van der Waals surface area contributed by atoms with Gasteiger partial charge in [-0.2, -0.15) is 0 Å². The summed E-state index contributed by atoms with van der Waals surface area (Å²) in [7, 11) is 3.53. The van der Waals surface area contributed by atoms with E-state index in [9.17, 15) is 4.79 Å². The van der Waals surface area contributed by atoms with E-state index in [2.05, 4.69) is 23.6 Å². The maximum Gasteiger partial charge on any atom is 0.330 e. The molecule has 1 fully saturated rings. The summed E-state index contributed by atoms with van der Waals surface area (Å²) in [5, 5.41) is 0. The van der Waals surface area contributed by atoms with Gasteiger partial charge in [0.2, 0.25) is 0 Å². The summed E-state index contributed by atoms with van der Waals surface area (Å²) in [6, 6.07) is 0.532. The van der Waals surface area contributed by atoms with Crippen LogP contribution in [0.1, 0.15) is 19.8 Å². The van der Waals surface area contributed by atoms with Crippen LogP contribution in [0.5, 0.6) is 0 Å². The molecule has 0 aliphatic carbocycles. The average molecular weight is 183 g/mol. The number of hydrogen-bond acceptors (Lipinski definition) is 3. The van der Waals surface area contributed by atoms with Crippen LogP contribution in [0.15, 0.2) is 11.6 Å².